The van der Waals surface area contributed by atoms with Crippen molar-refractivity contribution in [2.45, 2.75) is 19.5 Å². The molecule has 8 heteroatoms. The van der Waals surface area contributed by atoms with E-state index >= 15 is 0 Å². The summed E-state index contributed by atoms with van der Waals surface area (Å²) in [7, 11) is 0. The average Bonchev–Trinajstić information content (AvgIpc) is 3.01. The van der Waals surface area contributed by atoms with Crippen molar-refractivity contribution in [3.05, 3.63) is 30.1 Å². The maximum absolute atomic E-state index is 13.1. The number of alkyl halides is 3. The number of nitrogen functional groups attached to an aromatic ring is 1. The number of nitrogens with zero attached hydrogens (tertiary/aromatic N) is 3. The Balaban J connectivity index is 1.90. The molecule has 1 unspecified atom stereocenters. The quantitative estimate of drug-likeness (QED) is 0.879. The molecule has 1 amide bonds. The van der Waals surface area contributed by atoms with E-state index in [9.17, 15) is 18.0 Å². The summed E-state index contributed by atoms with van der Waals surface area (Å²) in [5.41, 5.74) is 5.05. The number of aromatic nitrogens is 2. The Kier molecular flexibility index (Phi) is 3.08. The Morgan fingerprint density at radius 3 is 2.82 bits per heavy atom. The first-order valence-electron chi connectivity index (χ1n) is 6.80. The largest absolute Gasteiger partial charge is 0.399 e. The fourth-order valence-electron chi connectivity index (χ4n) is 2.70. The first-order chi connectivity index (χ1) is 10.2. The van der Waals surface area contributed by atoms with Crippen LogP contribution in [-0.4, -0.2) is 39.7 Å². The van der Waals surface area contributed by atoms with Crippen LogP contribution in [0.2, 0.25) is 0 Å². The van der Waals surface area contributed by atoms with E-state index in [0.717, 1.165) is 6.92 Å². The molecule has 0 spiro atoms. The molecule has 3 rings (SSSR count). The highest BCUT2D eigenvalue weighted by Gasteiger charge is 2.55. The molecular weight excluding hydrogens is 297 g/mol. The number of carbonyl (C=O) groups excluding carboxylic acids is 1. The molecule has 1 atom stereocenters. The van der Waals surface area contributed by atoms with Crippen LogP contribution in [0.15, 0.2) is 24.5 Å². The van der Waals surface area contributed by atoms with Crippen molar-refractivity contribution in [2.75, 3.05) is 18.8 Å². The molecular formula is C14H15F3N4O. The van der Waals surface area contributed by atoms with E-state index in [0.29, 0.717) is 11.2 Å². The lowest BCUT2D eigenvalue weighted by Crippen LogP contribution is -2.39. The zero-order valence-electron chi connectivity index (χ0n) is 11.9. The van der Waals surface area contributed by atoms with Crippen LogP contribution in [0, 0.1) is 5.41 Å². The van der Waals surface area contributed by atoms with Crippen molar-refractivity contribution in [3.8, 4) is 0 Å². The fraction of sp³-hybridized carbons (Fsp3) is 0.429. The Hall–Kier alpha value is -2.25. The van der Waals surface area contributed by atoms with Crippen LogP contribution in [0.3, 0.4) is 0 Å². The smallest absolute Gasteiger partial charge is 0.395 e. The van der Waals surface area contributed by atoms with Crippen molar-refractivity contribution in [1.29, 1.82) is 0 Å². The maximum Gasteiger partial charge on any atom is 0.395 e. The SMILES string of the molecule is CC1(C(F)(F)F)CCN(C(=O)c2cnn3ccc(N)cc23)C1. The first-order valence-corrected chi connectivity index (χ1v) is 6.80. The molecule has 5 nitrogen and oxygen atoms in total. The Morgan fingerprint density at radius 1 is 1.45 bits per heavy atom. The predicted octanol–water partition coefficient (Wildman–Crippen LogP) is 2.33. The second-order valence-corrected chi connectivity index (χ2v) is 5.88. The third-order valence-corrected chi connectivity index (χ3v) is 4.22. The Labute approximate surface area is 124 Å². The van der Waals surface area contributed by atoms with Crippen LogP contribution in [-0.2, 0) is 0 Å². The monoisotopic (exact) mass is 312 g/mol. The van der Waals surface area contributed by atoms with Gasteiger partial charge in [-0.25, -0.2) is 4.52 Å². The maximum atomic E-state index is 13.1. The summed E-state index contributed by atoms with van der Waals surface area (Å²) in [6, 6.07) is 3.21. The molecule has 0 radical (unpaired) electrons. The topological polar surface area (TPSA) is 63.6 Å². The molecule has 0 aliphatic carbocycles. The highest BCUT2D eigenvalue weighted by atomic mass is 19.4. The highest BCUT2D eigenvalue weighted by Crippen LogP contribution is 2.45. The van der Waals surface area contributed by atoms with Gasteiger partial charge >= 0.3 is 6.18 Å². The van der Waals surface area contributed by atoms with Gasteiger partial charge in [0.25, 0.3) is 5.91 Å². The van der Waals surface area contributed by atoms with Gasteiger partial charge < -0.3 is 10.6 Å². The molecule has 22 heavy (non-hydrogen) atoms. The van der Waals surface area contributed by atoms with E-state index in [1.165, 1.54) is 15.6 Å². The summed E-state index contributed by atoms with van der Waals surface area (Å²) in [5.74, 6) is -0.450. The normalized spacial score (nSPS) is 22.5. The highest BCUT2D eigenvalue weighted by molar-refractivity contribution is 6.01. The lowest BCUT2D eigenvalue weighted by molar-refractivity contribution is -0.212. The minimum atomic E-state index is -4.33. The molecule has 0 aromatic carbocycles. The molecule has 1 fully saturated rings. The number of pyridine rings is 1. The summed E-state index contributed by atoms with van der Waals surface area (Å²) < 4.78 is 40.7. The van der Waals surface area contributed by atoms with Crippen LogP contribution < -0.4 is 5.73 Å². The van der Waals surface area contributed by atoms with Crippen molar-refractivity contribution in [1.82, 2.24) is 14.5 Å². The molecule has 2 aromatic heterocycles. The number of carbonyl (C=O) groups is 1. The second-order valence-electron chi connectivity index (χ2n) is 5.88. The number of rotatable bonds is 1. The average molecular weight is 312 g/mol. The number of hydrogen-bond donors (Lipinski definition) is 1. The predicted molar refractivity (Wildman–Crippen MR) is 74.3 cm³/mol. The van der Waals surface area contributed by atoms with Crippen molar-refractivity contribution in [2.24, 2.45) is 5.41 Å². The van der Waals surface area contributed by atoms with Gasteiger partial charge in [-0.15, -0.1) is 0 Å². The zero-order chi connectivity index (χ0) is 16.1. The molecule has 3 heterocycles. The second kappa shape index (κ2) is 4.62. The van der Waals surface area contributed by atoms with Crippen molar-refractivity contribution in [3.63, 3.8) is 0 Å². The van der Waals surface area contributed by atoms with Crippen molar-refractivity contribution >= 4 is 17.1 Å². The van der Waals surface area contributed by atoms with Crippen molar-refractivity contribution < 1.29 is 18.0 Å². The van der Waals surface area contributed by atoms with E-state index in [1.54, 1.807) is 18.3 Å². The molecule has 2 aromatic rings. The van der Waals surface area contributed by atoms with E-state index in [-0.39, 0.29) is 25.1 Å². The summed E-state index contributed by atoms with van der Waals surface area (Å²) in [5, 5.41) is 4.03. The summed E-state index contributed by atoms with van der Waals surface area (Å²) in [4.78, 5) is 13.7. The van der Waals surface area contributed by atoms with E-state index in [4.69, 9.17) is 5.73 Å². The lowest BCUT2D eigenvalue weighted by atomic mass is 9.89. The van der Waals surface area contributed by atoms with Gasteiger partial charge in [0.15, 0.2) is 0 Å². The number of fused-ring (bicyclic) bond motifs is 1. The van der Waals surface area contributed by atoms with Gasteiger partial charge in [-0.1, -0.05) is 0 Å². The zero-order valence-corrected chi connectivity index (χ0v) is 11.9. The molecule has 1 saturated heterocycles. The number of anilines is 1. The molecule has 1 aliphatic heterocycles. The van der Waals surface area contributed by atoms with Gasteiger partial charge in [0.05, 0.1) is 22.7 Å². The van der Waals surface area contributed by atoms with Gasteiger partial charge in [-0.3, -0.25) is 4.79 Å². The third-order valence-electron chi connectivity index (χ3n) is 4.22. The minimum Gasteiger partial charge on any atom is -0.399 e. The standard InChI is InChI=1S/C14H15F3N4O/c1-13(14(15,16)17)3-5-20(8-13)12(22)10-7-19-21-4-2-9(18)6-11(10)21/h2,4,6-7H,3,5,8,18H2,1H3. The van der Waals surface area contributed by atoms with Crippen LogP contribution in [0.5, 0.6) is 0 Å². The number of likely N-dealkylation sites (tertiary alicyclic amines) is 1. The molecule has 0 bridgehead atoms. The van der Waals surface area contributed by atoms with E-state index < -0.39 is 17.5 Å². The first kappa shape index (κ1) is 14.7. The Morgan fingerprint density at radius 2 is 2.18 bits per heavy atom. The molecule has 2 N–H and O–H groups in total. The Bertz CT molecular complexity index is 739. The molecule has 118 valence electrons. The van der Waals surface area contributed by atoms with Gasteiger partial charge in [-0.05, 0) is 25.5 Å². The van der Waals surface area contributed by atoms with Gasteiger partial charge in [0, 0.05) is 25.0 Å². The van der Waals surface area contributed by atoms with Crippen LogP contribution in [0.4, 0.5) is 18.9 Å². The number of nitrogens with two attached hydrogens (primary N) is 1. The summed E-state index contributed by atoms with van der Waals surface area (Å²) >= 11 is 0. The number of hydrogen-bond acceptors (Lipinski definition) is 3. The van der Waals surface area contributed by atoms with Gasteiger partial charge in [-0.2, -0.15) is 18.3 Å². The number of amides is 1. The molecule has 0 saturated carbocycles. The minimum absolute atomic E-state index is 0.0779. The van der Waals surface area contributed by atoms with Gasteiger partial charge in [0.1, 0.15) is 0 Å². The van der Waals surface area contributed by atoms with Crippen LogP contribution in [0.25, 0.3) is 5.52 Å². The lowest BCUT2D eigenvalue weighted by Gasteiger charge is -2.27. The summed E-state index contributed by atoms with van der Waals surface area (Å²) in [6.45, 7) is 0.887. The fourth-order valence-corrected chi connectivity index (χ4v) is 2.70. The summed E-state index contributed by atoms with van der Waals surface area (Å²) in [6.07, 6.45) is -1.46. The van der Waals surface area contributed by atoms with Crippen LogP contribution >= 0.6 is 0 Å². The third kappa shape index (κ3) is 2.18. The number of halogens is 3. The van der Waals surface area contributed by atoms with E-state index in [1.807, 2.05) is 0 Å². The van der Waals surface area contributed by atoms with Crippen LogP contribution in [0.1, 0.15) is 23.7 Å². The molecule has 1 aliphatic rings. The van der Waals surface area contributed by atoms with Gasteiger partial charge in [0.2, 0.25) is 0 Å². The van der Waals surface area contributed by atoms with E-state index in [2.05, 4.69) is 5.10 Å².